The molecule has 3 amide bonds. The highest BCUT2D eigenvalue weighted by Crippen LogP contribution is 2.34. The number of nitrogens with zero attached hydrogens (tertiary/aromatic N) is 1. The minimum Gasteiger partial charge on any atom is -0.323 e. The number of nitrogens with one attached hydrogen (secondary N) is 1. The lowest BCUT2D eigenvalue weighted by atomic mass is 9.98. The van der Waals surface area contributed by atoms with E-state index in [-0.39, 0.29) is 24.7 Å². The number of rotatable bonds is 4. The number of urea groups is 1. The maximum atomic E-state index is 12.5. The molecule has 1 aliphatic carbocycles. The summed E-state index contributed by atoms with van der Waals surface area (Å²) in [6.07, 6.45) is 3.45. The van der Waals surface area contributed by atoms with Crippen LogP contribution >= 0.6 is 15.9 Å². The second-order valence-corrected chi connectivity index (χ2v) is 6.87. The van der Waals surface area contributed by atoms with Crippen LogP contribution in [0.1, 0.15) is 31.2 Å². The molecule has 1 aromatic rings. The Hall–Kier alpha value is -1.69. The van der Waals surface area contributed by atoms with E-state index in [9.17, 15) is 14.4 Å². The summed E-state index contributed by atoms with van der Waals surface area (Å²) in [5.41, 5.74) is 0.130. The fourth-order valence-corrected chi connectivity index (χ4v) is 3.46. The summed E-state index contributed by atoms with van der Waals surface area (Å²) in [5, 5.41) is 2.78. The van der Waals surface area contributed by atoms with Crippen molar-refractivity contribution in [2.45, 2.75) is 37.6 Å². The van der Waals surface area contributed by atoms with Crippen LogP contribution < -0.4 is 5.32 Å². The molecule has 22 heavy (non-hydrogen) atoms. The van der Waals surface area contributed by atoms with Crippen molar-refractivity contribution < 1.29 is 14.4 Å². The van der Waals surface area contributed by atoms with Crippen LogP contribution in [0.4, 0.5) is 4.79 Å². The van der Waals surface area contributed by atoms with Gasteiger partial charge in [-0.1, -0.05) is 40.9 Å². The summed E-state index contributed by atoms with van der Waals surface area (Å²) >= 11 is 3.34. The van der Waals surface area contributed by atoms with Gasteiger partial charge in [-0.3, -0.25) is 14.5 Å². The fourth-order valence-electron chi connectivity index (χ4n) is 3.20. The first-order chi connectivity index (χ1) is 10.5. The number of hydrogen-bond acceptors (Lipinski definition) is 3. The Morgan fingerprint density at radius 2 is 1.82 bits per heavy atom. The molecule has 1 spiro atoms. The molecule has 1 N–H and O–H groups in total. The Morgan fingerprint density at radius 1 is 1.18 bits per heavy atom. The molecule has 0 unspecified atom stereocenters. The Kier molecular flexibility index (Phi) is 4.04. The number of halogens is 1. The molecule has 0 radical (unpaired) electrons. The summed E-state index contributed by atoms with van der Waals surface area (Å²) in [5.74, 6) is -0.375. The van der Waals surface area contributed by atoms with Gasteiger partial charge in [0.1, 0.15) is 5.54 Å². The van der Waals surface area contributed by atoms with Crippen LogP contribution in [0.15, 0.2) is 28.7 Å². The van der Waals surface area contributed by atoms with Gasteiger partial charge in [0.15, 0.2) is 5.78 Å². The third kappa shape index (κ3) is 2.79. The molecular weight excluding hydrogens is 348 g/mol. The van der Waals surface area contributed by atoms with Gasteiger partial charge in [0, 0.05) is 10.9 Å². The predicted molar refractivity (Wildman–Crippen MR) is 84.3 cm³/mol. The summed E-state index contributed by atoms with van der Waals surface area (Å²) in [7, 11) is 0. The molecule has 2 aliphatic rings. The SMILES string of the molecule is O=C(Cc1ccc(Br)cc1)CN1C(=O)NC2(CCCC2)C1=O. The highest BCUT2D eigenvalue weighted by Gasteiger charge is 2.52. The van der Waals surface area contributed by atoms with Crippen LogP contribution in [0.3, 0.4) is 0 Å². The maximum Gasteiger partial charge on any atom is 0.325 e. The molecule has 1 aliphatic heterocycles. The summed E-state index contributed by atoms with van der Waals surface area (Å²) in [6.45, 7) is -0.150. The van der Waals surface area contributed by atoms with Crippen LogP contribution in [0.2, 0.25) is 0 Å². The van der Waals surface area contributed by atoms with Crippen LogP contribution in [0.5, 0.6) is 0 Å². The van der Waals surface area contributed by atoms with Gasteiger partial charge in [0.25, 0.3) is 5.91 Å². The molecule has 5 nitrogen and oxygen atoms in total. The Balaban J connectivity index is 1.65. The molecule has 3 rings (SSSR count). The zero-order valence-corrected chi connectivity index (χ0v) is 13.7. The van der Waals surface area contributed by atoms with Crippen molar-refractivity contribution in [3.63, 3.8) is 0 Å². The van der Waals surface area contributed by atoms with E-state index >= 15 is 0 Å². The second-order valence-electron chi connectivity index (χ2n) is 5.95. The molecule has 116 valence electrons. The van der Waals surface area contributed by atoms with Crippen molar-refractivity contribution in [2.75, 3.05) is 6.54 Å². The topological polar surface area (TPSA) is 66.5 Å². The van der Waals surface area contributed by atoms with Gasteiger partial charge in [0.2, 0.25) is 0 Å². The maximum absolute atomic E-state index is 12.5. The van der Waals surface area contributed by atoms with Crippen LogP contribution in [0, 0.1) is 0 Å². The molecule has 0 bridgehead atoms. The number of amides is 3. The summed E-state index contributed by atoms with van der Waals surface area (Å²) < 4.78 is 0.945. The molecule has 1 saturated carbocycles. The first-order valence-corrected chi connectivity index (χ1v) is 8.20. The zero-order chi connectivity index (χ0) is 15.7. The van der Waals surface area contributed by atoms with E-state index < -0.39 is 11.6 Å². The smallest absolute Gasteiger partial charge is 0.323 e. The van der Waals surface area contributed by atoms with E-state index in [1.165, 1.54) is 0 Å². The number of imide groups is 1. The highest BCUT2D eigenvalue weighted by molar-refractivity contribution is 9.10. The minimum atomic E-state index is -0.741. The van der Waals surface area contributed by atoms with Crippen molar-refractivity contribution >= 4 is 33.7 Å². The molecular formula is C16H17BrN2O3. The lowest BCUT2D eigenvalue weighted by Gasteiger charge is -2.19. The number of hydrogen-bond donors (Lipinski definition) is 1. The number of ketones is 1. The zero-order valence-electron chi connectivity index (χ0n) is 12.1. The van der Waals surface area contributed by atoms with Gasteiger partial charge in [-0.2, -0.15) is 0 Å². The normalized spacial score (nSPS) is 19.8. The van der Waals surface area contributed by atoms with Crippen molar-refractivity contribution in [2.24, 2.45) is 0 Å². The summed E-state index contributed by atoms with van der Waals surface area (Å²) in [4.78, 5) is 37.7. The van der Waals surface area contributed by atoms with E-state index in [2.05, 4.69) is 21.2 Å². The van der Waals surface area contributed by atoms with Crippen LogP contribution in [-0.2, 0) is 16.0 Å². The first-order valence-electron chi connectivity index (χ1n) is 7.40. The van der Waals surface area contributed by atoms with E-state index in [0.29, 0.717) is 12.8 Å². The Morgan fingerprint density at radius 3 is 2.45 bits per heavy atom. The predicted octanol–water partition coefficient (Wildman–Crippen LogP) is 2.43. The first kappa shape index (κ1) is 15.2. The van der Waals surface area contributed by atoms with E-state index in [1.807, 2.05) is 24.3 Å². The largest absolute Gasteiger partial charge is 0.325 e. The number of carbonyl (C=O) groups excluding carboxylic acids is 3. The molecule has 0 aromatic heterocycles. The quantitative estimate of drug-likeness (QED) is 0.834. The van der Waals surface area contributed by atoms with E-state index in [0.717, 1.165) is 27.8 Å². The average Bonchev–Trinajstić information content (AvgIpc) is 3.03. The monoisotopic (exact) mass is 364 g/mol. The van der Waals surface area contributed by atoms with Crippen molar-refractivity contribution in [1.82, 2.24) is 10.2 Å². The fraction of sp³-hybridized carbons (Fsp3) is 0.438. The van der Waals surface area contributed by atoms with Crippen LogP contribution in [0.25, 0.3) is 0 Å². The average molecular weight is 365 g/mol. The third-order valence-electron chi connectivity index (χ3n) is 4.35. The molecule has 6 heteroatoms. The molecule has 0 atom stereocenters. The highest BCUT2D eigenvalue weighted by atomic mass is 79.9. The van der Waals surface area contributed by atoms with E-state index in [4.69, 9.17) is 0 Å². The van der Waals surface area contributed by atoms with Crippen molar-refractivity contribution in [3.8, 4) is 0 Å². The number of benzene rings is 1. The van der Waals surface area contributed by atoms with Crippen LogP contribution in [-0.4, -0.2) is 34.7 Å². The Bertz CT molecular complexity index is 621. The van der Waals surface area contributed by atoms with E-state index in [1.54, 1.807) is 0 Å². The van der Waals surface area contributed by atoms with Crippen molar-refractivity contribution in [3.05, 3.63) is 34.3 Å². The molecule has 2 fully saturated rings. The van der Waals surface area contributed by atoms with Gasteiger partial charge in [-0.25, -0.2) is 4.79 Å². The lowest BCUT2D eigenvalue weighted by molar-refractivity contribution is -0.134. The Labute approximate surface area is 137 Å². The lowest BCUT2D eigenvalue weighted by Crippen LogP contribution is -2.44. The number of carbonyl (C=O) groups is 3. The molecule has 1 saturated heterocycles. The van der Waals surface area contributed by atoms with Gasteiger partial charge in [-0.15, -0.1) is 0 Å². The number of Topliss-reactive ketones (excluding diaryl/α,β-unsaturated/α-hetero) is 1. The molecule has 1 heterocycles. The van der Waals surface area contributed by atoms with Gasteiger partial charge >= 0.3 is 6.03 Å². The van der Waals surface area contributed by atoms with Gasteiger partial charge < -0.3 is 5.32 Å². The van der Waals surface area contributed by atoms with Gasteiger partial charge in [0.05, 0.1) is 6.54 Å². The van der Waals surface area contributed by atoms with Gasteiger partial charge in [-0.05, 0) is 30.5 Å². The summed E-state index contributed by atoms with van der Waals surface area (Å²) in [6, 6.07) is 7.00. The third-order valence-corrected chi connectivity index (χ3v) is 4.88. The minimum absolute atomic E-state index is 0.138. The van der Waals surface area contributed by atoms with Crippen molar-refractivity contribution in [1.29, 1.82) is 0 Å². The standard InChI is InChI=1S/C16H17BrN2O3/c17-12-5-3-11(4-6-12)9-13(20)10-19-14(21)16(18-15(19)22)7-1-2-8-16/h3-6H,1-2,7-10H2,(H,18,22). The second kappa shape index (κ2) is 5.83. The molecule has 1 aromatic carbocycles.